The fourth-order valence-electron chi connectivity index (χ4n) is 3.77. The van der Waals surface area contributed by atoms with Crippen LogP contribution in [0.1, 0.15) is 11.5 Å². The summed E-state index contributed by atoms with van der Waals surface area (Å²) >= 11 is 0. The SMILES string of the molecule is Cl.Cn1c(=O)oc2cc(S(=O)(=O)N3C[C@@H](CN)[C@H](c4ccccc4)C3)ccc21. The van der Waals surface area contributed by atoms with E-state index in [-0.39, 0.29) is 34.7 Å². The molecule has 2 heterocycles. The van der Waals surface area contributed by atoms with Gasteiger partial charge in [0.25, 0.3) is 0 Å². The summed E-state index contributed by atoms with van der Waals surface area (Å²) in [6.45, 7) is 1.17. The molecule has 4 rings (SSSR count). The number of nitrogens with two attached hydrogens (primary N) is 1. The predicted octanol–water partition coefficient (Wildman–Crippen LogP) is 1.92. The van der Waals surface area contributed by atoms with E-state index in [9.17, 15) is 13.2 Å². The first-order chi connectivity index (χ1) is 12.9. The van der Waals surface area contributed by atoms with E-state index >= 15 is 0 Å². The molecule has 0 aliphatic carbocycles. The summed E-state index contributed by atoms with van der Waals surface area (Å²) in [7, 11) is -2.13. The van der Waals surface area contributed by atoms with E-state index in [1.807, 2.05) is 30.3 Å². The summed E-state index contributed by atoms with van der Waals surface area (Å²) in [6.07, 6.45) is 0. The largest absolute Gasteiger partial charge is 0.419 e. The molecular formula is C19H22ClN3O4S. The van der Waals surface area contributed by atoms with Crippen molar-refractivity contribution in [2.24, 2.45) is 18.7 Å². The zero-order valence-electron chi connectivity index (χ0n) is 15.3. The van der Waals surface area contributed by atoms with Crippen molar-refractivity contribution < 1.29 is 12.8 Å². The van der Waals surface area contributed by atoms with Crippen LogP contribution in [0.15, 0.2) is 62.6 Å². The van der Waals surface area contributed by atoms with Crippen LogP contribution in [0, 0.1) is 5.92 Å². The van der Waals surface area contributed by atoms with Crippen molar-refractivity contribution in [3.8, 4) is 0 Å². The molecule has 9 heteroatoms. The Kier molecular flexibility index (Phi) is 5.67. The third-order valence-corrected chi connectivity index (χ3v) is 7.17. The molecule has 1 aliphatic rings. The maximum atomic E-state index is 13.2. The number of aromatic nitrogens is 1. The lowest BCUT2D eigenvalue weighted by Gasteiger charge is -2.17. The molecule has 2 aromatic carbocycles. The molecule has 3 aromatic rings. The number of hydrogen-bond donors (Lipinski definition) is 1. The number of hydrogen-bond acceptors (Lipinski definition) is 5. The number of aryl methyl sites for hydroxylation is 1. The van der Waals surface area contributed by atoms with E-state index < -0.39 is 15.8 Å². The van der Waals surface area contributed by atoms with E-state index in [1.165, 1.54) is 21.0 Å². The molecule has 0 bridgehead atoms. The Morgan fingerprint density at radius 1 is 1.14 bits per heavy atom. The summed E-state index contributed by atoms with van der Waals surface area (Å²) in [5.74, 6) is -0.405. The highest BCUT2D eigenvalue weighted by atomic mass is 35.5. The fourth-order valence-corrected chi connectivity index (χ4v) is 5.31. The minimum Gasteiger partial charge on any atom is -0.408 e. The molecule has 28 heavy (non-hydrogen) atoms. The molecule has 0 radical (unpaired) electrons. The van der Waals surface area contributed by atoms with Gasteiger partial charge in [-0.25, -0.2) is 13.2 Å². The second kappa shape index (κ2) is 7.71. The Balaban J connectivity index is 0.00000225. The van der Waals surface area contributed by atoms with Crippen LogP contribution < -0.4 is 11.5 Å². The third-order valence-electron chi connectivity index (χ3n) is 5.34. The molecule has 1 fully saturated rings. The second-order valence-corrected chi connectivity index (χ2v) is 8.83. The van der Waals surface area contributed by atoms with E-state index in [0.717, 1.165) is 5.56 Å². The maximum absolute atomic E-state index is 13.2. The molecule has 7 nitrogen and oxygen atoms in total. The van der Waals surface area contributed by atoms with Crippen LogP contribution in [0.4, 0.5) is 0 Å². The smallest absolute Gasteiger partial charge is 0.408 e. The third kappa shape index (κ3) is 3.37. The van der Waals surface area contributed by atoms with Crippen LogP contribution in [-0.2, 0) is 17.1 Å². The minimum absolute atomic E-state index is 0. The zero-order chi connectivity index (χ0) is 19.2. The van der Waals surface area contributed by atoms with Gasteiger partial charge in [0.15, 0.2) is 5.58 Å². The van der Waals surface area contributed by atoms with Crippen molar-refractivity contribution in [1.82, 2.24) is 8.87 Å². The molecule has 1 aliphatic heterocycles. The lowest BCUT2D eigenvalue weighted by molar-refractivity contribution is 0.458. The average molecular weight is 424 g/mol. The maximum Gasteiger partial charge on any atom is 0.419 e. The highest BCUT2D eigenvalue weighted by molar-refractivity contribution is 7.89. The molecular weight excluding hydrogens is 402 g/mol. The van der Waals surface area contributed by atoms with E-state index in [4.69, 9.17) is 10.2 Å². The molecule has 0 spiro atoms. The molecule has 1 aromatic heterocycles. The quantitative estimate of drug-likeness (QED) is 0.691. The molecule has 2 N–H and O–H groups in total. The van der Waals surface area contributed by atoms with E-state index in [1.54, 1.807) is 13.1 Å². The van der Waals surface area contributed by atoms with Gasteiger partial charge in [0.1, 0.15) is 0 Å². The highest BCUT2D eigenvalue weighted by Crippen LogP contribution is 2.35. The van der Waals surface area contributed by atoms with Crippen LogP contribution >= 0.6 is 12.4 Å². The lowest BCUT2D eigenvalue weighted by atomic mass is 9.89. The number of sulfonamides is 1. The van der Waals surface area contributed by atoms with Gasteiger partial charge in [-0.15, -0.1) is 12.4 Å². The van der Waals surface area contributed by atoms with Gasteiger partial charge in [-0.3, -0.25) is 4.57 Å². The summed E-state index contributed by atoms with van der Waals surface area (Å²) < 4.78 is 34.3. The van der Waals surface area contributed by atoms with Gasteiger partial charge >= 0.3 is 5.76 Å². The normalized spacial score (nSPS) is 20.4. The monoisotopic (exact) mass is 423 g/mol. The standard InChI is InChI=1S/C19H21N3O4S.ClH/c1-21-17-8-7-15(9-18(17)26-19(21)23)27(24,25)22-11-14(10-20)16(12-22)13-5-3-2-4-6-13;/h2-9,14,16H,10-12,20H2,1H3;1H/t14-,16+;/m1./s1. The summed E-state index contributed by atoms with van der Waals surface area (Å²) in [5.41, 5.74) is 7.84. The number of halogens is 1. The van der Waals surface area contributed by atoms with Crippen molar-refractivity contribution in [2.75, 3.05) is 19.6 Å². The predicted molar refractivity (Wildman–Crippen MR) is 109 cm³/mol. The molecule has 2 atom stereocenters. The van der Waals surface area contributed by atoms with Crippen molar-refractivity contribution >= 4 is 33.5 Å². The van der Waals surface area contributed by atoms with Crippen LogP contribution in [0.25, 0.3) is 11.1 Å². The average Bonchev–Trinajstić information content (AvgIpc) is 3.24. The van der Waals surface area contributed by atoms with Crippen LogP contribution in [-0.4, -0.2) is 36.9 Å². The van der Waals surface area contributed by atoms with Gasteiger partial charge < -0.3 is 10.2 Å². The zero-order valence-corrected chi connectivity index (χ0v) is 16.9. The van der Waals surface area contributed by atoms with Gasteiger partial charge in [0.2, 0.25) is 10.0 Å². The second-order valence-electron chi connectivity index (χ2n) is 6.89. The Morgan fingerprint density at radius 3 is 2.54 bits per heavy atom. The van der Waals surface area contributed by atoms with Crippen LogP contribution in [0.3, 0.4) is 0 Å². The van der Waals surface area contributed by atoms with Crippen molar-refractivity contribution in [2.45, 2.75) is 10.8 Å². The summed E-state index contributed by atoms with van der Waals surface area (Å²) in [5, 5.41) is 0. The fraction of sp³-hybridized carbons (Fsp3) is 0.316. The number of oxazole rings is 1. The Bertz CT molecular complexity index is 1140. The van der Waals surface area contributed by atoms with Crippen molar-refractivity contribution in [1.29, 1.82) is 0 Å². The number of fused-ring (bicyclic) bond motifs is 1. The first-order valence-electron chi connectivity index (χ1n) is 8.76. The lowest BCUT2D eigenvalue weighted by Crippen LogP contribution is -2.30. The van der Waals surface area contributed by atoms with E-state index in [0.29, 0.717) is 25.2 Å². The summed E-state index contributed by atoms with van der Waals surface area (Å²) in [6, 6.07) is 14.4. The van der Waals surface area contributed by atoms with Gasteiger partial charge in [-0.2, -0.15) is 4.31 Å². The molecule has 0 amide bonds. The van der Waals surface area contributed by atoms with Gasteiger partial charge in [-0.1, -0.05) is 30.3 Å². The highest BCUT2D eigenvalue weighted by Gasteiger charge is 2.39. The van der Waals surface area contributed by atoms with Gasteiger partial charge in [0.05, 0.1) is 10.4 Å². The minimum atomic E-state index is -3.71. The Morgan fingerprint density at radius 2 is 1.86 bits per heavy atom. The van der Waals surface area contributed by atoms with Crippen molar-refractivity contribution in [3.63, 3.8) is 0 Å². The molecule has 1 saturated heterocycles. The first-order valence-corrected chi connectivity index (χ1v) is 10.2. The number of benzene rings is 2. The van der Waals surface area contributed by atoms with Crippen LogP contribution in [0.2, 0.25) is 0 Å². The van der Waals surface area contributed by atoms with Gasteiger partial charge in [-0.05, 0) is 30.2 Å². The first kappa shape index (κ1) is 20.6. The van der Waals surface area contributed by atoms with Crippen LogP contribution in [0.5, 0.6) is 0 Å². The molecule has 0 unspecified atom stereocenters. The van der Waals surface area contributed by atoms with Crippen molar-refractivity contribution in [3.05, 3.63) is 64.6 Å². The topological polar surface area (TPSA) is 98.5 Å². The van der Waals surface area contributed by atoms with E-state index in [2.05, 4.69) is 0 Å². The molecule has 0 saturated carbocycles. The summed E-state index contributed by atoms with van der Waals surface area (Å²) in [4.78, 5) is 11.8. The molecule has 150 valence electrons. The Labute approximate surface area is 169 Å². The number of rotatable bonds is 4. The number of nitrogens with zero attached hydrogens (tertiary/aromatic N) is 2. The van der Waals surface area contributed by atoms with Gasteiger partial charge in [0, 0.05) is 32.1 Å². The Hall–Kier alpha value is -2.13.